The summed E-state index contributed by atoms with van der Waals surface area (Å²) in [4.78, 5) is 28.5. The lowest BCUT2D eigenvalue weighted by molar-refractivity contribution is -0.143. The quantitative estimate of drug-likeness (QED) is 0.667. The van der Waals surface area contributed by atoms with Gasteiger partial charge in [-0.25, -0.2) is 0 Å². The van der Waals surface area contributed by atoms with Gasteiger partial charge in [-0.15, -0.1) is 31.4 Å². The van der Waals surface area contributed by atoms with Crippen molar-refractivity contribution in [3.05, 3.63) is 12.7 Å². The molecule has 0 aromatic carbocycles. The van der Waals surface area contributed by atoms with Crippen molar-refractivity contribution in [3.63, 3.8) is 0 Å². The Labute approximate surface area is 157 Å². The van der Waals surface area contributed by atoms with E-state index < -0.39 is 0 Å². The molecule has 0 spiro atoms. The Morgan fingerprint density at radius 2 is 1.71 bits per heavy atom. The van der Waals surface area contributed by atoms with Gasteiger partial charge in [0, 0.05) is 39.3 Å². The summed E-state index contributed by atoms with van der Waals surface area (Å²) in [6, 6.07) is 0. The Kier molecular flexibility index (Phi) is 10.6. The molecular formula is C16H30Cl2N4O2. The minimum Gasteiger partial charge on any atom is -0.352 e. The van der Waals surface area contributed by atoms with Gasteiger partial charge in [-0.1, -0.05) is 18.9 Å². The molecule has 6 nitrogen and oxygen atoms in total. The minimum atomic E-state index is -0.316. The molecule has 0 aromatic heterocycles. The van der Waals surface area contributed by atoms with Crippen molar-refractivity contribution in [1.82, 2.24) is 15.1 Å². The summed E-state index contributed by atoms with van der Waals surface area (Å²) in [7, 11) is 0. The second-order valence-electron chi connectivity index (χ2n) is 6.35. The highest BCUT2D eigenvalue weighted by atomic mass is 35.5. The second kappa shape index (κ2) is 10.9. The van der Waals surface area contributed by atoms with Crippen molar-refractivity contribution in [2.75, 3.05) is 45.8 Å². The van der Waals surface area contributed by atoms with Gasteiger partial charge < -0.3 is 16.0 Å². The third-order valence-electron chi connectivity index (χ3n) is 4.88. The van der Waals surface area contributed by atoms with Crippen LogP contribution in [0.5, 0.6) is 0 Å². The maximum Gasteiger partial charge on any atom is 0.234 e. The van der Waals surface area contributed by atoms with E-state index in [1.807, 2.05) is 4.90 Å². The highest BCUT2D eigenvalue weighted by Crippen LogP contribution is 2.38. The first-order valence-electron chi connectivity index (χ1n) is 8.21. The molecule has 0 bridgehead atoms. The smallest absolute Gasteiger partial charge is 0.234 e. The van der Waals surface area contributed by atoms with Crippen molar-refractivity contribution in [2.24, 2.45) is 11.1 Å². The predicted molar refractivity (Wildman–Crippen MR) is 101 cm³/mol. The molecule has 1 aliphatic carbocycles. The average molecular weight is 381 g/mol. The van der Waals surface area contributed by atoms with Gasteiger partial charge in [0.15, 0.2) is 0 Å². The molecule has 24 heavy (non-hydrogen) atoms. The lowest BCUT2D eigenvalue weighted by atomic mass is 9.84. The maximum absolute atomic E-state index is 12.8. The van der Waals surface area contributed by atoms with Gasteiger partial charge in [0.25, 0.3) is 0 Å². The van der Waals surface area contributed by atoms with Crippen molar-refractivity contribution >= 4 is 36.6 Å². The molecule has 2 fully saturated rings. The van der Waals surface area contributed by atoms with Gasteiger partial charge in [0.05, 0.1) is 12.0 Å². The lowest BCUT2D eigenvalue weighted by Gasteiger charge is -2.39. The SMILES string of the molecule is C=CCNC(=O)CN1CCN(C(=O)C2(CN)CCCC2)CC1.Cl.Cl. The molecule has 0 atom stereocenters. The van der Waals surface area contributed by atoms with Crippen LogP contribution in [0.15, 0.2) is 12.7 Å². The van der Waals surface area contributed by atoms with Crippen LogP contribution in [0.2, 0.25) is 0 Å². The molecule has 0 unspecified atom stereocenters. The van der Waals surface area contributed by atoms with E-state index in [1.54, 1.807) is 6.08 Å². The van der Waals surface area contributed by atoms with Crippen LogP contribution in [0, 0.1) is 5.41 Å². The summed E-state index contributed by atoms with van der Waals surface area (Å²) in [5.74, 6) is 0.233. The van der Waals surface area contributed by atoms with E-state index in [4.69, 9.17) is 5.73 Å². The van der Waals surface area contributed by atoms with E-state index in [2.05, 4.69) is 16.8 Å². The summed E-state index contributed by atoms with van der Waals surface area (Å²) < 4.78 is 0. The molecule has 0 aromatic rings. The van der Waals surface area contributed by atoms with E-state index in [0.29, 0.717) is 32.7 Å². The zero-order chi connectivity index (χ0) is 16.0. The number of piperazine rings is 1. The van der Waals surface area contributed by atoms with Gasteiger partial charge >= 0.3 is 0 Å². The number of nitrogens with two attached hydrogens (primary N) is 1. The van der Waals surface area contributed by atoms with Crippen LogP contribution < -0.4 is 11.1 Å². The third kappa shape index (κ3) is 5.62. The number of rotatable bonds is 6. The summed E-state index contributed by atoms with van der Waals surface area (Å²) in [6.45, 7) is 7.78. The number of hydrogen-bond donors (Lipinski definition) is 2. The Balaban J connectivity index is 0.00000264. The normalized spacial score (nSPS) is 19.8. The standard InChI is InChI=1S/C16H28N4O2.2ClH/c1-2-7-18-14(21)12-19-8-10-20(11-9-19)15(22)16(13-17)5-3-4-6-16;;/h2H,1,3-13,17H2,(H,18,21);2*1H. The number of halogens is 2. The number of amides is 2. The first kappa shape index (κ1) is 23.2. The van der Waals surface area contributed by atoms with Crippen LogP contribution in [-0.4, -0.2) is 67.4 Å². The summed E-state index contributed by atoms with van der Waals surface area (Å²) in [6.07, 6.45) is 5.72. The maximum atomic E-state index is 12.8. The molecule has 140 valence electrons. The molecular weight excluding hydrogens is 351 g/mol. The Bertz CT molecular complexity index is 420. The Hall–Kier alpha value is -0.820. The second-order valence-corrected chi connectivity index (χ2v) is 6.35. The fraction of sp³-hybridized carbons (Fsp3) is 0.750. The number of carbonyl (C=O) groups excluding carboxylic acids is 2. The first-order chi connectivity index (χ1) is 10.6. The zero-order valence-corrected chi connectivity index (χ0v) is 15.8. The van der Waals surface area contributed by atoms with Gasteiger partial charge in [-0.05, 0) is 12.8 Å². The summed E-state index contributed by atoms with van der Waals surface area (Å²) in [5, 5.41) is 2.78. The number of carbonyl (C=O) groups is 2. The molecule has 8 heteroatoms. The molecule has 0 radical (unpaired) electrons. The third-order valence-corrected chi connectivity index (χ3v) is 4.88. The number of nitrogens with one attached hydrogen (secondary N) is 1. The highest BCUT2D eigenvalue weighted by molar-refractivity contribution is 5.85. The van der Waals surface area contributed by atoms with E-state index in [0.717, 1.165) is 38.8 Å². The fourth-order valence-corrected chi connectivity index (χ4v) is 3.45. The summed E-state index contributed by atoms with van der Waals surface area (Å²) >= 11 is 0. The van der Waals surface area contributed by atoms with Gasteiger partial charge in [0.1, 0.15) is 0 Å². The molecule has 1 heterocycles. The van der Waals surface area contributed by atoms with E-state index in [9.17, 15) is 9.59 Å². The van der Waals surface area contributed by atoms with Crippen molar-refractivity contribution < 1.29 is 9.59 Å². The molecule has 2 rings (SSSR count). The van der Waals surface area contributed by atoms with Gasteiger partial charge in [-0.2, -0.15) is 0 Å². The van der Waals surface area contributed by atoms with Crippen LogP contribution in [0.3, 0.4) is 0 Å². The number of hydrogen-bond acceptors (Lipinski definition) is 4. The van der Waals surface area contributed by atoms with Crippen LogP contribution in [0.4, 0.5) is 0 Å². The topological polar surface area (TPSA) is 78.7 Å². The molecule has 1 saturated heterocycles. The fourth-order valence-electron chi connectivity index (χ4n) is 3.45. The monoisotopic (exact) mass is 380 g/mol. The van der Waals surface area contributed by atoms with Crippen LogP contribution in [-0.2, 0) is 9.59 Å². The van der Waals surface area contributed by atoms with Crippen LogP contribution >= 0.6 is 24.8 Å². The van der Waals surface area contributed by atoms with Crippen molar-refractivity contribution in [2.45, 2.75) is 25.7 Å². The highest BCUT2D eigenvalue weighted by Gasteiger charge is 2.42. The molecule has 2 aliphatic rings. The van der Waals surface area contributed by atoms with E-state index in [1.165, 1.54) is 0 Å². The zero-order valence-electron chi connectivity index (χ0n) is 14.2. The van der Waals surface area contributed by atoms with Gasteiger partial charge in [0.2, 0.25) is 11.8 Å². The summed E-state index contributed by atoms with van der Waals surface area (Å²) in [5.41, 5.74) is 5.58. The molecule has 3 N–H and O–H groups in total. The molecule has 1 aliphatic heterocycles. The molecule has 2 amide bonds. The lowest BCUT2D eigenvalue weighted by Crippen LogP contribution is -2.55. The predicted octanol–water partition coefficient (Wildman–Crippen LogP) is 0.796. The van der Waals surface area contributed by atoms with Crippen molar-refractivity contribution in [1.29, 1.82) is 0 Å². The minimum absolute atomic E-state index is 0. The van der Waals surface area contributed by atoms with Crippen molar-refractivity contribution in [3.8, 4) is 0 Å². The largest absolute Gasteiger partial charge is 0.352 e. The Morgan fingerprint density at radius 3 is 2.21 bits per heavy atom. The molecule has 1 saturated carbocycles. The number of nitrogens with zero attached hydrogens (tertiary/aromatic N) is 2. The van der Waals surface area contributed by atoms with Gasteiger partial charge in [-0.3, -0.25) is 14.5 Å². The first-order valence-corrected chi connectivity index (χ1v) is 8.21. The Morgan fingerprint density at radius 1 is 1.12 bits per heavy atom. The van der Waals surface area contributed by atoms with Crippen LogP contribution in [0.1, 0.15) is 25.7 Å². The average Bonchev–Trinajstić information content (AvgIpc) is 3.03. The van der Waals surface area contributed by atoms with E-state index in [-0.39, 0.29) is 42.0 Å². The van der Waals surface area contributed by atoms with Crippen LogP contribution in [0.25, 0.3) is 0 Å². The van der Waals surface area contributed by atoms with E-state index >= 15 is 0 Å².